The number of amides is 3. The van der Waals surface area contributed by atoms with Gasteiger partial charge in [-0.05, 0) is 31.0 Å². The molecule has 1 aromatic carbocycles. The van der Waals surface area contributed by atoms with E-state index in [1.165, 1.54) is 6.33 Å². The van der Waals surface area contributed by atoms with Crippen LogP contribution in [0.2, 0.25) is 0 Å². The van der Waals surface area contributed by atoms with E-state index in [2.05, 4.69) is 48.8 Å². The minimum atomic E-state index is -1.23. The van der Waals surface area contributed by atoms with Crippen LogP contribution in [0.15, 0.2) is 43.0 Å². The number of nitrogens with zero attached hydrogens (tertiary/aromatic N) is 1. The fraction of sp³-hybridized carbons (Fsp3) is 0.400. The number of fused-ring (bicyclic) bond motifs is 1. The SMILES string of the molecule is O=C(O)C(Cc1c[nH]c2ccccc12)NC(=O)C(CS)NC(=O)C(Cc1cnc[nH]1)NC(=O)C1CCCN1. The lowest BCUT2D eigenvalue weighted by molar-refractivity contribution is -0.142. The van der Waals surface area contributed by atoms with E-state index in [9.17, 15) is 24.3 Å². The summed E-state index contributed by atoms with van der Waals surface area (Å²) in [5, 5.41) is 21.6. The van der Waals surface area contributed by atoms with Crippen LogP contribution in [-0.2, 0) is 32.0 Å². The first-order chi connectivity index (χ1) is 18.4. The third-order valence-corrected chi connectivity index (χ3v) is 6.88. The molecule has 1 fully saturated rings. The summed E-state index contributed by atoms with van der Waals surface area (Å²) in [6.45, 7) is 0.723. The Morgan fingerprint density at radius 1 is 1.03 bits per heavy atom. The molecule has 3 amide bonds. The molecule has 1 aliphatic heterocycles. The highest BCUT2D eigenvalue weighted by Gasteiger charge is 2.31. The topological polar surface area (TPSA) is 181 Å². The van der Waals surface area contributed by atoms with Gasteiger partial charge in [0.2, 0.25) is 17.7 Å². The quantitative estimate of drug-likeness (QED) is 0.147. The normalized spacial score (nSPS) is 17.4. The number of carboxylic acids is 1. The summed E-state index contributed by atoms with van der Waals surface area (Å²) in [6, 6.07) is 3.73. The van der Waals surface area contributed by atoms with Crippen LogP contribution in [0.5, 0.6) is 0 Å². The molecule has 3 heterocycles. The number of benzene rings is 1. The van der Waals surface area contributed by atoms with Crippen LogP contribution in [-0.4, -0.2) is 80.2 Å². The number of nitrogens with one attached hydrogen (secondary N) is 6. The van der Waals surface area contributed by atoms with Crippen LogP contribution in [0, 0.1) is 0 Å². The molecule has 0 saturated carbocycles. The summed E-state index contributed by atoms with van der Waals surface area (Å²) in [4.78, 5) is 60.8. The van der Waals surface area contributed by atoms with E-state index in [1.807, 2.05) is 24.3 Å². The van der Waals surface area contributed by atoms with Crippen molar-refractivity contribution in [2.75, 3.05) is 12.3 Å². The standard InChI is InChI=1S/C25H31N7O5S/c33-22(18-6-3-7-27-18)30-19(9-15-11-26-13-29-15)23(34)32-21(12-38)24(35)31-20(25(36)37)8-14-10-28-17-5-2-1-4-16(14)17/h1-2,4-5,10-11,13,18-21,27-28,38H,3,6-9,12H2,(H,26,29)(H,30,33)(H,31,35)(H,32,34)(H,36,37). The first-order valence-electron chi connectivity index (χ1n) is 12.4. The van der Waals surface area contributed by atoms with Gasteiger partial charge in [0, 0.05) is 47.6 Å². The van der Waals surface area contributed by atoms with Crippen molar-refractivity contribution in [1.82, 2.24) is 36.2 Å². The van der Waals surface area contributed by atoms with Gasteiger partial charge in [-0.3, -0.25) is 14.4 Å². The summed E-state index contributed by atoms with van der Waals surface area (Å²) in [5.41, 5.74) is 2.22. The van der Waals surface area contributed by atoms with E-state index in [0.29, 0.717) is 12.1 Å². The molecule has 1 saturated heterocycles. The minimum absolute atomic E-state index is 0.0468. The number of carbonyl (C=O) groups is 4. The summed E-state index contributed by atoms with van der Waals surface area (Å²) in [5.74, 6) is -2.88. The monoisotopic (exact) mass is 541 g/mol. The average molecular weight is 542 g/mol. The molecule has 0 radical (unpaired) electrons. The molecule has 38 heavy (non-hydrogen) atoms. The maximum Gasteiger partial charge on any atom is 0.326 e. The number of hydrogen-bond acceptors (Lipinski definition) is 7. The molecular weight excluding hydrogens is 510 g/mol. The third-order valence-electron chi connectivity index (χ3n) is 6.52. The molecule has 3 aromatic rings. The lowest BCUT2D eigenvalue weighted by Gasteiger charge is -2.24. The van der Waals surface area contributed by atoms with Gasteiger partial charge in [-0.2, -0.15) is 12.6 Å². The second-order valence-electron chi connectivity index (χ2n) is 9.20. The van der Waals surface area contributed by atoms with Crippen LogP contribution >= 0.6 is 12.6 Å². The summed E-state index contributed by atoms with van der Waals surface area (Å²) >= 11 is 4.20. The van der Waals surface area contributed by atoms with E-state index < -0.39 is 42.0 Å². The van der Waals surface area contributed by atoms with Crippen molar-refractivity contribution >= 4 is 47.2 Å². The van der Waals surface area contributed by atoms with Crippen LogP contribution < -0.4 is 21.3 Å². The Labute approximate surface area is 224 Å². The number of carboxylic acid groups (broad SMARTS) is 1. The van der Waals surface area contributed by atoms with Crippen LogP contribution in [0.3, 0.4) is 0 Å². The maximum atomic E-state index is 13.2. The Balaban J connectivity index is 1.42. The Bertz CT molecular complexity index is 1270. The second-order valence-corrected chi connectivity index (χ2v) is 9.56. The Kier molecular flexibility index (Phi) is 9.02. The highest BCUT2D eigenvalue weighted by molar-refractivity contribution is 7.80. The number of carbonyl (C=O) groups excluding carboxylic acids is 3. The highest BCUT2D eigenvalue weighted by Crippen LogP contribution is 2.19. The Morgan fingerprint density at radius 3 is 2.47 bits per heavy atom. The fourth-order valence-corrected chi connectivity index (χ4v) is 4.72. The highest BCUT2D eigenvalue weighted by atomic mass is 32.1. The van der Waals surface area contributed by atoms with Crippen LogP contribution in [0.25, 0.3) is 10.9 Å². The summed E-state index contributed by atoms with van der Waals surface area (Å²) in [6.07, 6.45) is 6.43. The second kappa shape index (κ2) is 12.6. The van der Waals surface area contributed by atoms with Gasteiger partial charge in [-0.1, -0.05) is 18.2 Å². The molecule has 2 aromatic heterocycles. The number of aromatic nitrogens is 3. The molecule has 4 atom stereocenters. The van der Waals surface area contributed by atoms with Crippen molar-refractivity contribution in [2.24, 2.45) is 0 Å². The predicted molar refractivity (Wildman–Crippen MR) is 143 cm³/mol. The minimum Gasteiger partial charge on any atom is -0.480 e. The number of para-hydroxylation sites is 1. The first kappa shape index (κ1) is 27.2. The van der Waals surface area contributed by atoms with Crippen LogP contribution in [0.4, 0.5) is 0 Å². The van der Waals surface area contributed by atoms with Crippen molar-refractivity contribution in [2.45, 2.75) is 49.9 Å². The van der Waals surface area contributed by atoms with E-state index in [0.717, 1.165) is 29.4 Å². The summed E-state index contributed by atoms with van der Waals surface area (Å²) < 4.78 is 0. The smallest absolute Gasteiger partial charge is 0.326 e. The molecule has 202 valence electrons. The molecule has 12 nitrogen and oxygen atoms in total. The molecule has 0 spiro atoms. The number of thiol groups is 1. The van der Waals surface area contributed by atoms with Gasteiger partial charge in [-0.15, -0.1) is 0 Å². The van der Waals surface area contributed by atoms with Gasteiger partial charge < -0.3 is 36.3 Å². The van der Waals surface area contributed by atoms with E-state index in [-0.39, 0.29) is 24.5 Å². The van der Waals surface area contributed by atoms with Crippen molar-refractivity contribution < 1.29 is 24.3 Å². The Hall–Kier alpha value is -3.84. The third kappa shape index (κ3) is 6.72. The van der Waals surface area contributed by atoms with E-state index >= 15 is 0 Å². The maximum absolute atomic E-state index is 13.2. The van der Waals surface area contributed by atoms with Gasteiger partial charge in [0.1, 0.15) is 18.1 Å². The average Bonchev–Trinajstić information content (AvgIpc) is 3.69. The number of H-pyrrole nitrogens is 2. The van der Waals surface area contributed by atoms with E-state index in [4.69, 9.17) is 0 Å². The molecule has 7 N–H and O–H groups in total. The fourth-order valence-electron chi connectivity index (χ4n) is 4.47. The molecule has 4 unspecified atom stereocenters. The number of rotatable bonds is 12. The van der Waals surface area contributed by atoms with Crippen molar-refractivity contribution in [1.29, 1.82) is 0 Å². The molecule has 0 bridgehead atoms. The van der Waals surface area contributed by atoms with Crippen molar-refractivity contribution in [3.63, 3.8) is 0 Å². The Morgan fingerprint density at radius 2 is 1.79 bits per heavy atom. The first-order valence-corrected chi connectivity index (χ1v) is 13.0. The molecular formula is C25H31N7O5S. The lowest BCUT2D eigenvalue weighted by atomic mass is 10.0. The van der Waals surface area contributed by atoms with Crippen molar-refractivity contribution in [3.05, 3.63) is 54.2 Å². The molecule has 0 aliphatic carbocycles. The zero-order valence-electron chi connectivity index (χ0n) is 20.6. The zero-order chi connectivity index (χ0) is 27.1. The predicted octanol–water partition coefficient (Wildman–Crippen LogP) is -0.103. The van der Waals surface area contributed by atoms with Gasteiger partial charge >= 0.3 is 5.97 Å². The van der Waals surface area contributed by atoms with Gasteiger partial charge in [0.05, 0.1) is 12.4 Å². The molecule has 4 rings (SSSR count). The number of aliphatic carboxylic acids is 1. The van der Waals surface area contributed by atoms with Gasteiger partial charge in [-0.25, -0.2) is 9.78 Å². The van der Waals surface area contributed by atoms with Crippen molar-refractivity contribution in [3.8, 4) is 0 Å². The number of imidazole rings is 1. The van der Waals surface area contributed by atoms with Crippen LogP contribution in [0.1, 0.15) is 24.1 Å². The summed E-state index contributed by atoms with van der Waals surface area (Å²) in [7, 11) is 0. The molecule has 13 heteroatoms. The van der Waals surface area contributed by atoms with Gasteiger partial charge in [0.15, 0.2) is 0 Å². The lowest BCUT2D eigenvalue weighted by Crippen LogP contribution is -2.58. The zero-order valence-corrected chi connectivity index (χ0v) is 21.5. The molecule has 1 aliphatic rings. The van der Waals surface area contributed by atoms with E-state index in [1.54, 1.807) is 12.4 Å². The van der Waals surface area contributed by atoms with Gasteiger partial charge in [0.25, 0.3) is 0 Å². The number of hydrogen-bond donors (Lipinski definition) is 8. The number of aromatic amines is 2. The largest absolute Gasteiger partial charge is 0.480 e.